The number of fused-ring (bicyclic) bond motifs is 7. The van der Waals surface area contributed by atoms with Gasteiger partial charge in [0.1, 0.15) is 0 Å². The summed E-state index contributed by atoms with van der Waals surface area (Å²) in [7, 11) is 0. The first kappa shape index (κ1) is 31.5. The number of anilines is 3. The van der Waals surface area contributed by atoms with E-state index in [0.717, 1.165) is 17.1 Å². The molecular weight excluding hydrogens is 639 g/mol. The van der Waals surface area contributed by atoms with E-state index in [1.165, 1.54) is 77.5 Å². The molecule has 0 N–H and O–H groups in total. The lowest BCUT2D eigenvalue weighted by Crippen LogP contribution is -2.18. The second-order valence-electron chi connectivity index (χ2n) is 15.8. The highest BCUT2D eigenvalue weighted by Gasteiger charge is 2.38. The largest absolute Gasteiger partial charge is 0.310 e. The van der Waals surface area contributed by atoms with Crippen LogP contribution < -0.4 is 4.90 Å². The molecule has 0 unspecified atom stereocenters. The van der Waals surface area contributed by atoms with Crippen LogP contribution in [0.5, 0.6) is 0 Å². The van der Waals surface area contributed by atoms with Gasteiger partial charge in [0.2, 0.25) is 0 Å². The van der Waals surface area contributed by atoms with Gasteiger partial charge in [0.25, 0.3) is 0 Å². The Morgan fingerprint density at radius 1 is 0.340 bits per heavy atom. The van der Waals surface area contributed by atoms with Crippen LogP contribution in [0, 0.1) is 0 Å². The third-order valence-electron chi connectivity index (χ3n) is 12.1. The maximum atomic E-state index is 2.51. The lowest BCUT2D eigenvalue weighted by Gasteiger charge is -2.31. The Bertz CT molecular complexity index is 2620. The van der Waals surface area contributed by atoms with E-state index in [1.54, 1.807) is 0 Å². The predicted octanol–water partition coefficient (Wildman–Crippen LogP) is 14.3. The molecule has 8 aromatic rings. The van der Waals surface area contributed by atoms with E-state index in [9.17, 15) is 0 Å². The van der Waals surface area contributed by atoms with E-state index < -0.39 is 0 Å². The van der Waals surface area contributed by atoms with Crippen LogP contribution in [0.3, 0.4) is 0 Å². The molecule has 2 aliphatic rings. The molecule has 0 saturated carbocycles. The summed E-state index contributed by atoms with van der Waals surface area (Å²) in [6.45, 7) is 9.48. The highest BCUT2D eigenvalue weighted by atomic mass is 15.1. The molecule has 1 nitrogen and oxygen atoms in total. The molecule has 8 aromatic carbocycles. The van der Waals surface area contributed by atoms with E-state index in [-0.39, 0.29) is 10.8 Å². The van der Waals surface area contributed by atoms with Crippen LogP contribution in [0.1, 0.15) is 49.9 Å². The van der Waals surface area contributed by atoms with Gasteiger partial charge < -0.3 is 4.90 Å². The van der Waals surface area contributed by atoms with Crippen LogP contribution in [0.15, 0.2) is 176 Å². The van der Waals surface area contributed by atoms with E-state index in [0.29, 0.717) is 0 Å². The lowest BCUT2D eigenvalue weighted by molar-refractivity contribution is 0.660. The van der Waals surface area contributed by atoms with Crippen molar-refractivity contribution in [2.75, 3.05) is 4.90 Å². The third kappa shape index (κ3) is 4.77. The van der Waals surface area contributed by atoms with Gasteiger partial charge in [-0.3, -0.25) is 0 Å². The molecule has 0 aliphatic heterocycles. The summed E-state index contributed by atoms with van der Waals surface area (Å²) < 4.78 is 0. The van der Waals surface area contributed by atoms with Crippen LogP contribution >= 0.6 is 0 Å². The zero-order valence-electron chi connectivity index (χ0n) is 30.7. The summed E-state index contributed by atoms with van der Waals surface area (Å²) in [4.78, 5) is 2.51. The van der Waals surface area contributed by atoms with E-state index >= 15 is 0 Å². The van der Waals surface area contributed by atoms with Crippen molar-refractivity contribution in [3.05, 3.63) is 198 Å². The smallest absolute Gasteiger partial charge is 0.0540 e. The summed E-state index contributed by atoms with van der Waals surface area (Å²) in [5.41, 5.74) is 18.9. The van der Waals surface area contributed by atoms with Crippen LogP contribution in [-0.4, -0.2) is 0 Å². The van der Waals surface area contributed by atoms with Gasteiger partial charge in [0.15, 0.2) is 0 Å². The maximum Gasteiger partial charge on any atom is 0.0540 e. The molecule has 0 amide bonds. The minimum Gasteiger partial charge on any atom is -0.310 e. The van der Waals surface area contributed by atoms with Crippen molar-refractivity contribution in [1.82, 2.24) is 0 Å². The monoisotopic (exact) mass is 679 g/mol. The standard InChI is InChI=1S/C52H41N/c1-51(2)46-23-12-10-20-41(46)43-28-26-37(32-48(43)51)53(38-27-29-44-42-21-11-13-24-47(42)52(3,4)49(44)33-38)50-30-25-36(31-45(50)35-15-6-5-7-16-35)40-22-14-18-34-17-8-9-19-39(34)40/h5-33H,1-4H3. The van der Waals surface area contributed by atoms with E-state index in [1.807, 2.05) is 0 Å². The van der Waals surface area contributed by atoms with Gasteiger partial charge in [-0.05, 0) is 108 Å². The molecule has 0 aromatic heterocycles. The van der Waals surface area contributed by atoms with Crippen molar-refractivity contribution in [2.24, 2.45) is 0 Å². The predicted molar refractivity (Wildman–Crippen MR) is 225 cm³/mol. The molecule has 0 heterocycles. The molecule has 0 saturated heterocycles. The SMILES string of the molecule is CC1(C)c2ccccc2-c2ccc(N(c3ccc4c(c3)C(C)(C)c3ccccc3-4)c3ccc(-c4cccc5ccccc45)cc3-c3ccccc3)cc21. The fourth-order valence-corrected chi connectivity index (χ4v) is 9.31. The van der Waals surface area contributed by atoms with Gasteiger partial charge in [-0.25, -0.2) is 0 Å². The zero-order valence-corrected chi connectivity index (χ0v) is 30.7. The van der Waals surface area contributed by atoms with E-state index in [2.05, 4.69) is 209 Å². The van der Waals surface area contributed by atoms with Crippen molar-refractivity contribution >= 4 is 27.8 Å². The molecule has 53 heavy (non-hydrogen) atoms. The fourth-order valence-electron chi connectivity index (χ4n) is 9.31. The molecule has 0 bridgehead atoms. The average Bonchev–Trinajstić information content (AvgIpc) is 3.57. The van der Waals surface area contributed by atoms with Crippen LogP contribution in [-0.2, 0) is 10.8 Å². The molecule has 0 spiro atoms. The summed E-state index contributed by atoms with van der Waals surface area (Å²) in [5.74, 6) is 0. The van der Waals surface area contributed by atoms with Gasteiger partial charge in [0, 0.05) is 27.8 Å². The van der Waals surface area contributed by atoms with Crippen molar-refractivity contribution in [3.63, 3.8) is 0 Å². The van der Waals surface area contributed by atoms with Gasteiger partial charge in [-0.1, -0.05) is 167 Å². The third-order valence-corrected chi connectivity index (χ3v) is 12.1. The molecular formula is C52H41N. The Labute approximate surface area is 312 Å². The Kier molecular flexibility index (Phi) is 6.94. The number of hydrogen-bond donors (Lipinski definition) is 0. The second kappa shape index (κ2) is 11.7. The topological polar surface area (TPSA) is 3.24 Å². The second-order valence-corrected chi connectivity index (χ2v) is 15.8. The number of rotatable bonds is 5. The zero-order chi connectivity index (χ0) is 35.9. The summed E-state index contributed by atoms with van der Waals surface area (Å²) in [5, 5.41) is 2.51. The van der Waals surface area contributed by atoms with Gasteiger partial charge in [-0.15, -0.1) is 0 Å². The number of benzene rings is 8. The Balaban J connectivity index is 1.23. The van der Waals surface area contributed by atoms with Crippen LogP contribution in [0.2, 0.25) is 0 Å². The van der Waals surface area contributed by atoms with Gasteiger partial charge in [-0.2, -0.15) is 0 Å². The summed E-state index contributed by atoms with van der Waals surface area (Å²) >= 11 is 0. The first-order chi connectivity index (χ1) is 25.8. The van der Waals surface area contributed by atoms with Crippen LogP contribution in [0.25, 0.3) is 55.3 Å². The fraction of sp³-hybridized carbons (Fsp3) is 0.115. The molecule has 1 heteroatoms. The van der Waals surface area contributed by atoms with Gasteiger partial charge in [0.05, 0.1) is 5.69 Å². The summed E-state index contributed by atoms with van der Waals surface area (Å²) in [6.07, 6.45) is 0. The number of nitrogens with zero attached hydrogens (tertiary/aromatic N) is 1. The molecule has 10 rings (SSSR count). The highest BCUT2D eigenvalue weighted by molar-refractivity contribution is 5.99. The lowest BCUT2D eigenvalue weighted by atomic mass is 9.82. The summed E-state index contributed by atoms with van der Waals surface area (Å²) in [6, 6.07) is 65.4. The Hall–Kier alpha value is -6.18. The maximum absolute atomic E-state index is 2.51. The quantitative estimate of drug-likeness (QED) is 0.175. The van der Waals surface area contributed by atoms with Crippen molar-refractivity contribution in [1.29, 1.82) is 0 Å². The normalized spacial score (nSPS) is 14.3. The molecule has 254 valence electrons. The Morgan fingerprint density at radius 2 is 0.849 bits per heavy atom. The van der Waals surface area contributed by atoms with E-state index in [4.69, 9.17) is 0 Å². The molecule has 0 radical (unpaired) electrons. The first-order valence-corrected chi connectivity index (χ1v) is 18.8. The van der Waals surface area contributed by atoms with Crippen molar-refractivity contribution in [3.8, 4) is 44.5 Å². The Morgan fingerprint density at radius 3 is 1.49 bits per heavy atom. The highest BCUT2D eigenvalue weighted by Crippen LogP contribution is 2.54. The minimum atomic E-state index is -0.115. The van der Waals surface area contributed by atoms with Crippen molar-refractivity contribution in [2.45, 2.75) is 38.5 Å². The molecule has 2 aliphatic carbocycles. The minimum absolute atomic E-state index is 0.115. The van der Waals surface area contributed by atoms with Crippen molar-refractivity contribution < 1.29 is 0 Å². The van der Waals surface area contributed by atoms with Crippen LogP contribution in [0.4, 0.5) is 17.1 Å². The first-order valence-electron chi connectivity index (χ1n) is 18.8. The average molecular weight is 680 g/mol. The number of hydrogen-bond acceptors (Lipinski definition) is 1. The van der Waals surface area contributed by atoms with Gasteiger partial charge >= 0.3 is 0 Å². The molecule has 0 fully saturated rings. The molecule has 0 atom stereocenters.